The monoisotopic (exact) mass is 357 g/mol. The van der Waals surface area contributed by atoms with Gasteiger partial charge in [0, 0.05) is 19.0 Å². The molecule has 2 aromatic rings. The molecule has 1 unspecified atom stereocenters. The molecule has 0 saturated heterocycles. The van der Waals surface area contributed by atoms with E-state index in [-0.39, 0.29) is 18.4 Å². The Morgan fingerprint density at radius 1 is 1.12 bits per heavy atom. The zero-order valence-corrected chi connectivity index (χ0v) is 14.7. The number of likely N-dealkylation sites (N-methyl/N-ethyl adjacent to an activating group) is 1. The van der Waals surface area contributed by atoms with Crippen LogP contribution in [0.1, 0.15) is 33.9 Å². The number of nitrogens with zero attached hydrogens (tertiary/aromatic N) is 1. The van der Waals surface area contributed by atoms with Gasteiger partial charge in [-0.1, -0.05) is 48.0 Å². The van der Waals surface area contributed by atoms with Crippen molar-refractivity contribution in [2.75, 3.05) is 13.6 Å². The second-order valence-electron chi connectivity index (χ2n) is 6.13. The van der Waals surface area contributed by atoms with Crippen LogP contribution in [-0.4, -0.2) is 30.3 Å². The topological polar surface area (TPSA) is 61.4 Å². The number of hydrazine groups is 1. The first kappa shape index (κ1) is 17.5. The third-order valence-corrected chi connectivity index (χ3v) is 4.82. The lowest BCUT2D eigenvalue weighted by Gasteiger charge is -2.34. The normalized spacial score (nSPS) is 16.8. The molecule has 6 heteroatoms. The second kappa shape index (κ2) is 7.68. The van der Waals surface area contributed by atoms with Crippen molar-refractivity contribution in [1.82, 2.24) is 15.8 Å². The first-order valence-corrected chi connectivity index (χ1v) is 8.56. The molecule has 0 bridgehead atoms. The maximum absolute atomic E-state index is 12.3. The number of nitrogens with one attached hydrogen (secondary N) is 2. The Morgan fingerprint density at radius 3 is 2.64 bits per heavy atom. The van der Waals surface area contributed by atoms with E-state index in [4.69, 9.17) is 11.6 Å². The van der Waals surface area contributed by atoms with Crippen LogP contribution in [0.25, 0.3) is 0 Å². The number of hydrogen-bond donors (Lipinski definition) is 2. The number of hydrogen-bond acceptors (Lipinski definition) is 3. The zero-order chi connectivity index (χ0) is 17.8. The maximum atomic E-state index is 12.3. The SMILES string of the molecule is CN1CCc2ccccc2C1CC(=O)NNC(=O)c1ccccc1Cl. The molecule has 0 saturated carbocycles. The summed E-state index contributed by atoms with van der Waals surface area (Å²) in [5, 5.41) is 0.343. The zero-order valence-electron chi connectivity index (χ0n) is 14.0. The first-order chi connectivity index (χ1) is 12.1. The Hall–Kier alpha value is -2.37. The summed E-state index contributed by atoms with van der Waals surface area (Å²) in [5.41, 5.74) is 7.68. The van der Waals surface area contributed by atoms with Crippen molar-refractivity contribution in [2.24, 2.45) is 0 Å². The lowest BCUT2D eigenvalue weighted by atomic mass is 9.91. The largest absolute Gasteiger partial charge is 0.299 e. The van der Waals surface area contributed by atoms with Gasteiger partial charge < -0.3 is 0 Å². The van der Waals surface area contributed by atoms with Gasteiger partial charge in [0.05, 0.1) is 10.6 Å². The fourth-order valence-electron chi connectivity index (χ4n) is 3.11. The van der Waals surface area contributed by atoms with Crippen LogP contribution in [-0.2, 0) is 11.2 Å². The summed E-state index contributed by atoms with van der Waals surface area (Å²) in [5.74, 6) is -0.676. The van der Waals surface area contributed by atoms with Crippen LogP contribution < -0.4 is 10.9 Å². The molecule has 1 atom stereocenters. The Bertz CT molecular complexity index is 794. The van der Waals surface area contributed by atoms with Crippen molar-refractivity contribution in [3.8, 4) is 0 Å². The Balaban J connectivity index is 1.61. The summed E-state index contributed by atoms with van der Waals surface area (Å²) in [4.78, 5) is 26.6. The number of amides is 2. The quantitative estimate of drug-likeness (QED) is 0.830. The maximum Gasteiger partial charge on any atom is 0.271 e. The molecule has 0 aromatic heterocycles. The van der Waals surface area contributed by atoms with Gasteiger partial charge in [-0.25, -0.2) is 0 Å². The van der Waals surface area contributed by atoms with E-state index in [1.165, 1.54) is 11.1 Å². The molecular weight excluding hydrogens is 338 g/mol. The summed E-state index contributed by atoms with van der Waals surface area (Å²) in [6.07, 6.45) is 1.25. The number of carbonyl (C=O) groups excluding carboxylic acids is 2. The van der Waals surface area contributed by atoms with Crippen molar-refractivity contribution in [3.63, 3.8) is 0 Å². The van der Waals surface area contributed by atoms with Crippen molar-refractivity contribution in [3.05, 3.63) is 70.2 Å². The van der Waals surface area contributed by atoms with E-state index in [0.29, 0.717) is 10.6 Å². The van der Waals surface area contributed by atoms with Gasteiger partial charge in [-0.15, -0.1) is 0 Å². The number of benzene rings is 2. The molecule has 0 aliphatic carbocycles. The molecule has 25 heavy (non-hydrogen) atoms. The number of fused-ring (bicyclic) bond motifs is 1. The van der Waals surface area contributed by atoms with Gasteiger partial charge in [0.1, 0.15) is 0 Å². The van der Waals surface area contributed by atoms with Gasteiger partial charge in [0.15, 0.2) is 0 Å². The standard InChI is InChI=1S/C19H20ClN3O2/c1-23-11-10-13-6-2-3-7-14(13)17(23)12-18(24)21-22-19(25)15-8-4-5-9-16(15)20/h2-9,17H,10-12H2,1H3,(H,21,24)(H,22,25). The van der Waals surface area contributed by atoms with Crippen LogP contribution in [0.5, 0.6) is 0 Å². The molecule has 5 nitrogen and oxygen atoms in total. The van der Waals surface area contributed by atoms with E-state index in [1.807, 2.05) is 19.2 Å². The van der Waals surface area contributed by atoms with Crippen LogP contribution in [0.3, 0.4) is 0 Å². The predicted molar refractivity (Wildman–Crippen MR) is 97.2 cm³/mol. The first-order valence-electron chi connectivity index (χ1n) is 8.18. The molecular formula is C19H20ClN3O2. The summed E-state index contributed by atoms with van der Waals surface area (Å²) in [6.45, 7) is 0.904. The summed E-state index contributed by atoms with van der Waals surface area (Å²) < 4.78 is 0. The smallest absolute Gasteiger partial charge is 0.271 e. The minimum Gasteiger partial charge on any atom is -0.299 e. The number of rotatable bonds is 3. The predicted octanol–water partition coefficient (Wildman–Crippen LogP) is 2.72. The van der Waals surface area contributed by atoms with Crippen LogP contribution in [0.4, 0.5) is 0 Å². The molecule has 1 heterocycles. The van der Waals surface area contributed by atoms with E-state index in [9.17, 15) is 9.59 Å². The highest BCUT2D eigenvalue weighted by Gasteiger charge is 2.26. The third kappa shape index (κ3) is 4.00. The van der Waals surface area contributed by atoms with Crippen molar-refractivity contribution >= 4 is 23.4 Å². The molecule has 0 radical (unpaired) electrons. The minimum absolute atomic E-state index is 0.00200. The van der Waals surface area contributed by atoms with Gasteiger partial charge >= 0.3 is 0 Å². The van der Waals surface area contributed by atoms with Gasteiger partial charge in [-0.3, -0.25) is 25.3 Å². The average molecular weight is 358 g/mol. The number of carbonyl (C=O) groups is 2. The van der Waals surface area contributed by atoms with Gasteiger partial charge in [0.2, 0.25) is 5.91 Å². The second-order valence-corrected chi connectivity index (χ2v) is 6.54. The third-order valence-electron chi connectivity index (χ3n) is 4.49. The molecule has 0 spiro atoms. The van der Waals surface area contributed by atoms with E-state index >= 15 is 0 Å². The van der Waals surface area contributed by atoms with E-state index < -0.39 is 5.91 Å². The Labute approximate surface area is 151 Å². The van der Waals surface area contributed by atoms with E-state index in [0.717, 1.165) is 13.0 Å². The fourth-order valence-corrected chi connectivity index (χ4v) is 3.33. The van der Waals surface area contributed by atoms with Crippen molar-refractivity contribution in [1.29, 1.82) is 0 Å². The molecule has 2 aromatic carbocycles. The van der Waals surface area contributed by atoms with Gasteiger partial charge in [0.25, 0.3) is 5.91 Å². The molecule has 130 valence electrons. The van der Waals surface area contributed by atoms with Crippen LogP contribution in [0.15, 0.2) is 48.5 Å². The molecule has 3 rings (SSSR count). The van der Waals surface area contributed by atoms with E-state index in [1.54, 1.807) is 24.3 Å². The summed E-state index contributed by atoms with van der Waals surface area (Å²) >= 11 is 5.99. The highest BCUT2D eigenvalue weighted by molar-refractivity contribution is 6.33. The molecule has 1 aliphatic rings. The highest BCUT2D eigenvalue weighted by atomic mass is 35.5. The molecule has 2 amide bonds. The lowest BCUT2D eigenvalue weighted by molar-refractivity contribution is -0.123. The Kier molecular flexibility index (Phi) is 5.36. The molecule has 2 N–H and O–H groups in total. The fraction of sp³-hybridized carbons (Fsp3) is 0.263. The average Bonchev–Trinajstić information content (AvgIpc) is 2.62. The van der Waals surface area contributed by atoms with Crippen LogP contribution in [0, 0.1) is 0 Å². The summed E-state index contributed by atoms with van der Waals surface area (Å²) in [6, 6.07) is 14.9. The highest BCUT2D eigenvalue weighted by Crippen LogP contribution is 2.30. The van der Waals surface area contributed by atoms with Crippen molar-refractivity contribution < 1.29 is 9.59 Å². The number of halogens is 1. The van der Waals surface area contributed by atoms with Crippen molar-refractivity contribution in [2.45, 2.75) is 18.9 Å². The van der Waals surface area contributed by atoms with Crippen LogP contribution in [0.2, 0.25) is 5.02 Å². The Morgan fingerprint density at radius 2 is 1.84 bits per heavy atom. The van der Waals surface area contributed by atoms with Crippen LogP contribution >= 0.6 is 11.6 Å². The van der Waals surface area contributed by atoms with Gasteiger partial charge in [-0.05, 0) is 36.7 Å². The summed E-state index contributed by atoms with van der Waals surface area (Å²) in [7, 11) is 2.01. The minimum atomic E-state index is -0.434. The van der Waals surface area contributed by atoms with E-state index in [2.05, 4.69) is 27.9 Å². The van der Waals surface area contributed by atoms with Gasteiger partial charge in [-0.2, -0.15) is 0 Å². The lowest BCUT2D eigenvalue weighted by Crippen LogP contribution is -2.44. The molecule has 1 aliphatic heterocycles. The molecule has 0 fully saturated rings.